The van der Waals surface area contributed by atoms with Gasteiger partial charge in [-0.25, -0.2) is 14.6 Å². The number of allylic oxidation sites excluding steroid dienone is 2. The zero-order valence-electron chi connectivity index (χ0n) is 28.3. The maximum absolute atomic E-state index is 13.8. The molecule has 2 aromatic rings. The normalized spacial score (nSPS) is 18.1. The number of esters is 2. The molecule has 2 amide bonds. The van der Waals surface area contributed by atoms with E-state index in [0.717, 1.165) is 5.56 Å². The Balaban J connectivity index is 1.55. The minimum absolute atomic E-state index is 0.00238. The van der Waals surface area contributed by atoms with Crippen LogP contribution < -0.4 is 15.4 Å². The summed E-state index contributed by atoms with van der Waals surface area (Å²) in [5.41, 5.74) is -0.822. The highest BCUT2D eigenvalue weighted by atomic mass is 127. The van der Waals surface area contributed by atoms with Gasteiger partial charge in [0.15, 0.2) is 10.8 Å². The molecule has 1 saturated heterocycles. The fraction of sp³-hybridized carbons (Fsp3) is 0.455. The maximum Gasteiger partial charge on any atom is 0.355 e. The van der Waals surface area contributed by atoms with Gasteiger partial charge in [0, 0.05) is 22.1 Å². The van der Waals surface area contributed by atoms with E-state index in [1.807, 2.05) is 19.1 Å². The van der Waals surface area contributed by atoms with Gasteiger partial charge in [0.2, 0.25) is 5.60 Å². The molecule has 13 nitrogen and oxygen atoms in total. The lowest BCUT2D eigenvalue weighted by Gasteiger charge is -2.49. The second-order valence-corrected chi connectivity index (χ2v) is 15.2. The van der Waals surface area contributed by atoms with E-state index in [2.05, 4.69) is 43.4 Å². The number of carbonyl (C=O) groups excluding carboxylic acids is 4. The van der Waals surface area contributed by atoms with E-state index < -0.39 is 46.4 Å². The summed E-state index contributed by atoms with van der Waals surface area (Å²) in [7, 11) is 1.57. The highest BCUT2D eigenvalue weighted by molar-refractivity contribution is 14.1. The van der Waals surface area contributed by atoms with Crippen LogP contribution in [0.15, 0.2) is 58.2 Å². The van der Waals surface area contributed by atoms with Crippen molar-refractivity contribution in [1.82, 2.24) is 15.2 Å². The average molecular weight is 826 g/mol. The predicted molar refractivity (Wildman–Crippen MR) is 197 cm³/mol. The van der Waals surface area contributed by atoms with Crippen LogP contribution in [0.5, 0.6) is 5.75 Å². The summed E-state index contributed by atoms with van der Waals surface area (Å²) in [4.78, 5) is 65.1. The number of rotatable bonds is 14. The van der Waals surface area contributed by atoms with Crippen molar-refractivity contribution in [1.29, 1.82) is 0 Å². The Hall–Kier alpha value is -3.64. The molecule has 0 radical (unpaired) electrons. The molecule has 0 aliphatic carbocycles. The number of nitrogens with zero attached hydrogens (tertiary/aromatic N) is 3. The lowest BCUT2D eigenvalue weighted by molar-refractivity contribution is -0.179. The summed E-state index contributed by atoms with van der Waals surface area (Å²) < 4.78 is 17.0. The minimum atomic E-state index is -1.55. The number of anilines is 1. The number of ether oxygens (including phenoxy) is 3. The van der Waals surface area contributed by atoms with Crippen LogP contribution in [0, 0.1) is 0 Å². The van der Waals surface area contributed by atoms with E-state index in [9.17, 15) is 19.2 Å². The van der Waals surface area contributed by atoms with Crippen molar-refractivity contribution in [2.75, 3.05) is 29.2 Å². The van der Waals surface area contributed by atoms with Crippen molar-refractivity contribution in [2.24, 2.45) is 5.16 Å². The third kappa shape index (κ3) is 9.54. The summed E-state index contributed by atoms with van der Waals surface area (Å²) in [6.07, 6.45) is 3.71. The number of aromatic nitrogens is 1. The van der Waals surface area contributed by atoms with Crippen LogP contribution in [0.3, 0.4) is 0 Å². The maximum atomic E-state index is 13.8. The molecule has 1 aromatic carbocycles. The molecular weight excluding hydrogens is 785 g/mol. The molecule has 49 heavy (non-hydrogen) atoms. The summed E-state index contributed by atoms with van der Waals surface area (Å²) in [6.45, 7) is 10.6. The largest absolute Gasteiger partial charge is 0.497 e. The molecule has 4 rings (SSSR count). The van der Waals surface area contributed by atoms with Crippen LogP contribution in [0.4, 0.5) is 5.13 Å². The number of hydrogen-bond donors (Lipinski definition) is 2. The highest BCUT2D eigenvalue weighted by Gasteiger charge is 2.54. The first-order valence-electron chi connectivity index (χ1n) is 15.4. The molecule has 2 aliphatic heterocycles. The quantitative estimate of drug-likeness (QED) is 0.0673. The van der Waals surface area contributed by atoms with Crippen molar-refractivity contribution in [3.63, 3.8) is 0 Å². The molecule has 2 atom stereocenters. The van der Waals surface area contributed by atoms with Crippen molar-refractivity contribution < 1.29 is 38.2 Å². The summed E-state index contributed by atoms with van der Waals surface area (Å²) >= 11 is 4.86. The lowest BCUT2D eigenvalue weighted by Crippen LogP contribution is -2.71. The molecule has 0 spiro atoms. The number of methoxy groups -OCH3 is 1. The Morgan fingerprint density at radius 3 is 2.51 bits per heavy atom. The monoisotopic (exact) mass is 825 g/mol. The van der Waals surface area contributed by atoms with Crippen molar-refractivity contribution in [3.8, 4) is 5.75 Å². The number of benzene rings is 1. The molecular formula is C33H40IN5O8S2. The van der Waals surface area contributed by atoms with Gasteiger partial charge in [-0.1, -0.05) is 52.0 Å². The van der Waals surface area contributed by atoms with E-state index >= 15 is 0 Å². The Bertz CT molecular complexity index is 1650. The van der Waals surface area contributed by atoms with E-state index in [1.165, 1.54) is 41.8 Å². The Labute approximate surface area is 307 Å². The number of carbonyl (C=O) groups is 4. The lowest BCUT2D eigenvalue weighted by atomic mass is 10.0. The zero-order valence-corrected chi connectivity index (χ0v) is 32.1. The van der Waals surface area contributed by atoms with Gasteiger partial charge in [-0.15, -0.1) is 23.1 Å². The SMILES string of the molecule is CCNc1nc(/C(=N/OC(C)(C)C(=O)OC(C)(C)C)C(=O)N[C@@H]2C(=O)N3C(C(=O)OCc4ccc(OC)cc4)=C(/C=C/CI)CSC23)cs1. The zero-order chi connectivity index (χ0) is 35.9. The second kappa shape index (κ2) is 16.4. The number of thioether (sulfide) groups is 1. The number of oxime groups is 1. The molecule has 2 aliphatic rings. The van der Waals surface area contributed by atoms with Gasteiger partial charge in [0.1, 0.15) is 40.8 Å². The number of fused-ring (bicyclic) bond motifs is 1. The molecule has 1 aromatic heterocycles. The van der Waals surface area contributed by atoms with Crippen LogP contribution in [-0.4, -0.2) is 85.8 Å². The van der Waals surface area contributed by atoms with Crippen LogP contribution in [0.25, 0.3) is 0 Å². The number of hydrogen-bond acceptors (Lipinski definition) is 13. The van der Waals surface area contributed by atoms with Gasteiger partial charge in [-0.2, -0.15) is 0 Å². The van der Waals surface area contributed by atoms with Crippen molar-refractivity contribution >= 4 is 80.3 Å². The number of alkyl halides is 1. The number of thiazole rings is 1. The highest BCUT2D eigenvalue weighted by Crippen LogP contribution is 2.41. The van der Waals surface area contributed by atoms with Crippen LogP contribution >= 0.6 is 45.7 Å². The Morgan fingerprint density at radius 2 is 1.88 bits per heavy atom. The standard InChI is InChI=1S/C33H40IN5O8S2/c1-8-35-31-36-22(18-49-31)23(38-47-33(5,6)30(43)46-32(2,3)4)26(40)37-24-27(41)39-25(20(10-9-15-34)17-48-28(24)39)29(42)45-16-19-11-13-21(44-7)14-12-19/h9-14,18,24,28H,8,15-17H2,1-7H3,(H,35,36)(H,37,40)/b10-9+,38-23-/t24-,28?/m1/s1. The second-order valence-electron chi connectivity index (χ2n) is 12.3. The van der Waals surface area contributed by atoms with E-state index in [4.69, 9.17) is 19.0 Å². The molecule has 0 bridgehead atoms. The smallest absolute Gasteiger partial charge is 0.355 e. The third-order valence-electron chi connectivity index (χ3n) is 6.96. The predicted octanol–water partition coefficient (Wildman–Crippen LogP) is 4.81. The fourth-order valence-corrected chi connectivity index (χ4v) is 6.85. The molecule has 3 heterocycles. The van der Waals surface area contributed by atoms with Gasteiger partial charge in [-0.3, -0.25) is 14.5 Å². The van der Waals surface area contributed by atoms with Gasteiger partial charge in [-0.05, 0) is 64.8 Å². The number of amides is 2. The van der Waals surface area contributed by atoms with Gasteiger partial charge in [0.25, 0.3) is 11.8 Å². The summed E-state index contributed by atoms with van der Waals surface area (Å²) in [6, 6.07) is 6.14. The summed E-state index contributed by atoms with van der Waals surface area (Å²) in [5, 5.41) is 11.5. The Kier molecular flexibility index (Phi) is 12.8. The van der Waals surface area contributed by atoms with E-state index in [1.54, 1.807) is 57.5 Å². The molecule has 264 valence electrons. The van der Waals surface area contributed by atoms with Gasteiger partial charge < -0.3 is 29.7 Å². The molecule has 1 fully saturated rings. The molecule has 16 heteroatoms. The first-order chi connectivity index (χ1) is 23.2. The molecule has 1 unspecified atom stereocenters. The van der Waals surface area contributed by atoms with Gasteiger partial charge in [0.05, 0.1) is 7.11 Å². The van der Waals surface area contributed by atoms with Crippen LogP contribution in [-0.2, 0) is 40.1 Å². The van der Waals surface area contributed by atoms with E-state index in [-0.39, 0.29) is 23.7 Å². The minimum Gasteiger partial charge on any atom is -0.497 e. The molecule has 0 saturated carbocycles. The van der Waals surface area contributed by atoms with Crippen molar-refractivity contribution in [3.05, 3.63) is 64.3 Å². The molecule has 2 N–H and O–H groups in total. The number of β-lactam (4-membered cyclic amide) rings is 1. The van der Waals surface area contributed by atoms with Crippen LogP contribution in [0.1, 0.15) is 52.8 Å². The Morgan fingerprint density at radius 1 is 1.16 bits per heavy atom. The van der Waals surface area contributed by atoms with E-state index in [0.29, 0.717) is 33.2 Å². The summed E-state index contributed by atoms with van der Waals surface area (Å²) in [5.74, 6) is -1.46. The first-order valence-corrected chi connectivity index (χ1v) is 18.8. The average Bonchev–Trinajstić information content (AvgIpc) is 3.52. The number of nitrogens with one attached hydrogen (secondary N) is 2. The van der Waals surface area contributed by atoms with Gasteiger partial charge >= 0.3 is 11.9 Å². The third-order valence-corrected chi connectivity index (χ3v) is 9.57. The first kappa shape index (κ1) is 38.2. The topological polar surface area (TPSA) is 158 Å². The van der Waals surface area contributed by atoms with Crippen molar-refractivity contribution in [2.45, 2.75) is 70.8 Å². The van der Waals surface area contributed by atoms with Crippen LogP contribution in [0.2, 0.25) is 0 Å². The number of halogens is 1. The fourth-order valence-electron chi connectivity index (χ4n) is 4.51.